The van der Waals surface area contributed by atoms with E-state index in [9.17, 15) is 0 Å². The van der Waals surface area contributed by atoms with Crippen LogP contribution in [0, 0.1) is 6.92 Å². The third-order valence-corrected chi connectivity index (χ3v) is 2.83. The quantitative estimate of drug-likeness (QED) is 0.708. The Morgan fingerprint density at radius 3 is 2.69 bits per heavy atom. The van der Waals surface area contributed by atoms with Gasteiger partial charge in [0.05, 0.1) is 6.20 Å². The van der Waals surface area contributed by atoms with Crippen molar-refractivity contribution in [2.24, 2.45) is 12.8 Å². The van der Waals surface area contributed by atoms with E-state index in [4.69, 9.17) is 5.73 Å². The van der Waals surface area contributed by atoms with E-state index in [-0.39, 0.29) is 6.04 Å². The zero-order valence-corrected chi connectivity index (χ0v) is 10.7. The van der Waals surface area contributed by atoms with Gasteiger partial charge in [-0.1, -0.05) is 0 Å². The lowest BCUT2D eigenvalue weighted by Crippen LogP contribution is -2.33. The topological polar surface area (TPSA) is 59.1 Å². The fraction of sp³-hybridized carbons (Fsp3) is 0.727. The molecule has 0 aliphatic rings. The summed E-state index contributed by atoms with van der Waals surface area (Å²) in [6.45, 7) is 4.61. The minimum atomic E-state index is 0.202. The van der Waals surface area contributed by atoms with Crippen LogP contribution in [0.2, 0.25) is 0 Å². The lowest BCUT2D eigenvalue weighted by molar-refractivity contribution is 0.385. The van der Waals surface area contributed by atoms with Crippen LogP contribution < -0.4 is 11.1 Å². The molecule has 0 aliphatic heterocycles. The van der Waals surface area contributed by atoms with Gasteiger partial charge in [0.15, 0.2) is 0 Å². The second kappa shape index (κ2) is 5.98. The molecule has 0 aromatic carbocycles. The SMILES string of the molecule is Cc1c(C(CN)NCCN(C)C)cnn1C. The smallest absolute Gasteiger partial charge is 0.0540 e. The largest absolute Gasteiger partial charge is 0.329 e. The van der Waals surface area contributed by atoms with Gasteiger partial charge < -0.3 is 16.0 Å². The monoisotopic (exact) mass is 225 g/mol. The maximum absolute atomic E-state index is 5.79. The molecule has 1 rings (SSSR count). The summed E-state index contributed by atoms with van der Waals surface area (Å²) in [6.07, 6.45) is 1.90. The summed E-state index contributed by atoms with van der Waals surface area (Å²) in [5.41, 5.74) is 8.16. The summed E-state index contributed by atoms with van der Waals surface area (Å²) in [5.74, 6) is 0. The van der Waals surface area contributed by atoms with Crippen molar-refractivity contribution in [2.45, 2.75) is 13.0 Å². The molecule has 5 nitrogen and oxygen atoms in total. The van der Waals surface area contributed by atoms with Crippen LogP contribution in [0.25, 0.3) is 0 Å². The van der Waals surface area contributed by atoms with E-state index >= 15 is 0 Å². The van der Waals surface area contributed by atoms with E-state index in [0.29, 0.717) is 6.54 Å². The highest BCUT2D eigenvalue weighted by Gasteiger charge is 2.14. The fourth-order valence-electron chi connectivity index (χ4n) is 1.64. The predicted octanol–water partition coefficient (Wildman–Crippen LogP) is -0.120. The average molecular weight is 225 g/mol. The lowest BCUT2D eigenvalue weighted by Gasteiger charge is -2.18. The van der Waals surface area contributed by atoms with Gasteiger partial charge in [-0.05, 0) is 21.0 Å². The average Bonchev–Trinajstić information content (AvgIpc) is 2.55. The number of nitrogens with zero attached hydrogens (tertiary/aromatic N) is 3. The molecule has 0 saturated heterocycles. The van der Waals surface area contributed by atoms with Crippen molar-refractivity contribution < 1.29 is 0 Å². The van der Waals surface area contributed by atoms with Crippen LogP contribution in [-0.4, -0.2) is 48.4 Å². The Morgan fingerprint density at radius 2 is 2.25 bits per heavy atom. The molecular weight excluding hydrogens is 202 g/mol. The molecular formula is C11H23N5. The highest BCUT2D eigenvalue weighted by molar-refractivity contribution is 5.20. The molecule has 1 aromatic rings. The molecule has 0 fully saturated rings. The zero-order valence-electron chi connectivity index (χ0n) is 10.7. The van der Waals surface area contributed by atoms with E-state index in [2.05, 4.69) is 36.3 Å². The van der Waals surface area contributed by atoms with Crippen LogP contribution in [0.4, 0.5) is 0 Å². The molecule has 1 aromatic heterocycles. The normalized spacial score (nSPS) is 13.4. The van der Waals surface area contributed by atoms with Crippen LogP contribution in [0.5, 0.6) is 0 Å². The molecule has 0 bridgehead atoms. The minimum Gasteiger partial charge on any atom is -0.329 e. The van der Waals surface area contributed by atoms with Gasteiger partial charge in [-0.2, -0.15) is 5.10 Å². The van der Waals surface area contributed by atoms with E-state index in [1.165, 1.54) is 11.3 Å². The van der Waals surface area contributed by atoms with Gasteiger partial charge in [0.2, 0.25) is 0 Å². The number of aryl methyl sites for hydroxylation is 1. The van der Waals surface area contributed by atoms with Gasteiger partial charge in [-0.25, -0.2) is 0 Å². The van der Waals surface area contributed by atoms with E-state index in [1.807, 2.05) is 17.9 Å². The van der Waals surface area contributed by atoms with Crippen molar-refractivity contribution in [3.05, 3.63) is 17.5 Å². The fourth-order valence-corrected chi connectivity index (χ4v) is 1.64. The molecule has 1 unspecified atom stereocenters. The molecule has 0 saturated carbocycles. The van der Waals surface area contributed by atoms with E-state index in [1.54, 1.807) is 0 Å². The van der Waals surface area contributed by atoms with Gasteiger partial charge in [0.25, 0.3) is 0 Å². The standard InChI is InChI=1S/C11H23N5/c1-9-10(8-14-16(9)4)11(7-12)13-5-6-15(2)3/h8,11,13H,5-7,12H2,1-4H3. The lowest BCUT2D eigenvalue weighted by atomic mass is 10.1. The highest BCUT2D eigenvalue weighted by atomic mass is 15.3. The van der Waals surface area contributed by atoms with Crippen molar-refractivity contribution in [3.63, 3.8) is 0 Å². The number of nitrogens with two attached hydrogens (primary N) is 1. The number of rotatable bonds is 6. The van der Waals surface area contributed by atoms with Crippen LogP contribution >= 0.6 is 0 Å². The summed E-state index contributed by atoms with van der Waals surface area (Å²) in [4.78, 5) is 2.15. The first-order valence-electron chi connectivity index (χ1n) is 5.63. The van der Waals surface area contributed by atoms with Crippen LogP contribution in [0.3, 0.4) is 0 Å². The molecule has 0 spiro atoms. The summed E-state index contributed by atoms with van der Waals surface area (Å²) in [5, 5.41) is 7.69. The van der Waals surface area contributed by atoms with Crippen molar-refractivity contribution in [1.29, 1.82) is 0 Å². The molecule has 1 atom stereocenters. The minimum absolute atomic E-state index is 0.202. The number of aromatic nitrogens is 2. The molecule has 0 aliphatic carbocycles. The summed E-state index contributed by atoms with van der Waals surface area (Å²) in [6, 6.07) is 0.202. The number of nitrogens with one attached hydrogen (secondary N) is 1. The van der Waals surface area contributed by atoms with Gasteiger partial charge in [0.1, 0.15) is 0 Å². The van der Waals surface area contributed by atoms with E-state index in [0.717, 1.165) is 13.1 Å². The molecule has 5 heteroatoms. The third-order valence-electron chi connectivity index (χ3n) is 2.83. The Labute approximate surface area is 97.6 Å². The maximum Gasteiger partial charge on any atom is 0.0540 e. The molecule has 0 radical (unpaired) electrons. The van der Waals surface area contributed by atoms with Crippen LogP contribution in [0.15, 0.2) is 6.20 Å². The van der Waals surface area contributed by atoms with Gasteiger partial charge >= 0.3 is 0 Å². The second-order valence-electron chi connectivity index (χ2n) is 4.35. The number of hydrogen-bond donors (Lipinski definition) is 2. The molecule has 16 heavy (non-hydrogen) atoms. The summed E-state index contributed by atoms with van der Waals surface area (Å²) < 4.78 is 1.88. The van der Waals surface area contributed by atoms with Crippen molar-refractivity contribution >= 4 is 0 Å². The summed E-state index contributed by atoms with van der Waals surface area (Å²) >= 11 is 0. The Balaban J connectivity index is 2.57. The Bertz CT molecular complexity index is 318. The maximum atomic E-state index is 5.79. The van der Waals surface area contributed by atoms with Gasteiger partial charge in [-0.15, -0.1) is 0 Å². The Hall–Kier alpha value is -0.910. The molecule has 1 heterocycles. The van der Waals surface area contributed by atoms with Gasteiger partial charge in [-0.3, -0.25) is 4.68 Å². The van der Waals surface area contributed by atoms with Crippen molar-refractivity contribution in [1.82, 2.24) is 20.0 Å². The number of likely N-dealkylation sites (N-methyl/N-ethyl adjacent to an activating group) is 1. The molecule has 92 valence electrons. The Morgan fingerprint density at radius 1 is 1.56 bits per heavy atom. The first-order chi connectivity index (χ1) is 7.56. The first-order valence-corrected chi connectivity index (χ1v) is 5.63. The first kappa shape index (κ1) is 13.2. The van der Waals surface area contributed by atoms with Gasteiger partial charge in [0, 0.05) is 44.0 Å². The highest BCUT2D eigenvalue weighted by Crippen LogP contribution is 2.15. The Kier molecular flexibility index (Phi) is 4.92. The summed E-state index contributed by atoms with van der Waals surface area (Å²) in [7, 11) is 6.08. The van der Waals surface area contributed by atoms with Crippen LogP contribution in [0.1, 0.15) is 17.3 Å². The predicted molar refractivity (Wildman–Crippen MR) is 66.3 cm³/mol. The van der Waals surface area contributed by atoms with Crippen LogP contribution in [-0.2, 0) is 7.05 Å². The zero-order chi connectivity index (χ0) is 12.1. The van der Waals surface area contributed by atoms with E-state index < -0.39 is 0 Å². The van der Waals surface area contributed by atoms with Crippen molar-refractivity contribution in [3.8, 4) is 0 Å². The second-order valence-corrected chi connectivity index (χ2v) is 4.35. The molecule has 0 amide bonds. The third kappa shape index (κ3) is 3.30. The number of hydrogen-bond acceptors (Lipinski definition) is 4. The molecule has 3 N–H and O–H groups in total. The van der Waals surface area contributed by atoms with Crippen molar-refractivity contribution in [2.75, 3.05) is 33.7 Å².